The molecule has 0 aromatic carbocycles. The predicted molar refractivity (Wildman–Crippen MR) is 36.1 cm³/mol. The van der Waals surface area contributed by atoms with E-state index in [2.05, 4.69) is 40.9 Å². The molecule has 0 aliphatic carbocycles. The van der Waals surface area contributed by atoms with Gasteiger partial charge >= 0.3 is 16.5 Å². The minimum Gasteiger partial charge on any atom is -0.0840 e. The Kier molecular flexibility index (Phi) is 7.69. The summed E-state index contributed by atoms with van der Waals surface area (Å²) >= 11 is 9.21. The van der Waals surface area contributed by atoms with E-state index in [-0.39, 0.29) is 0 Å². The molecule has 0 aliphatic rings. The molecule has 0 bridgehead atoms. The average Bonchev–Trinajstić information content (AvgIpc) is 2.04. The summed E-state index contributed by atoms with van der Waals surface area (Å²) in [6.07, 6.45) is 0. The maximum Gasteiger partial charge on any atom is 0.718 e. The van der Waals surface area contributed by atoms with Crippen LogP contribution in [-0.4, -0.2) is 6.79 Å². The highest BCUT2D eigenvalue weighted by atomic mass is 35.5. The molecule has 11 heavy (non-hydrogen) atoms. The van der Waals surface area contributed by atoms with Crippen LogP contribution in [0.25, 0.3) is 0 Å². The van der Waals surface area contributed by atoms with Crippen LogP contribution in [0.1, 0.15) is 0 Å². The second-order valence-corrected chi connectivity index (χ2v) is 3.48. The molecule has 2 atom stereocenters. The Morgan fingerprint density at radius 2 is 1.36 bits per heavy atom. The first-order valence-corrected chi connectivity index (χ1v) is 4.79. The van der Waals surface area contributed by atoms with Crippen LogP contribution in [0.15, 0.2) is 0 Å². The van der Waals surface area contributed by atoms with Gasteiger partial charge in [-0.2, -0.15) is 0 Å². The molecule has 0 heterocycles. The fraction of sp³-hybridized carbons (Fsp3) is 1.00. The lowest BCUT2D eigenvalue weighted by Crippen LogP contribution is -1.86. The largest absolute Gasteiger partial charge is 0.718 e. The SMILES string of the molecule is O=[P+](OCl)OCO[P+](=O)OCl. The standard InChI is InChI=1S/CH2Cl2O6P2/c2-8-10(4)6-1-7-11(5)9-3/h1H2/q+2. The van der Waals surface area contributed by atoms with Crippen molar-refractivity contribution < 1.29 is 26.3 Å². The van der Waals surface area contributed by atoms with Crippen molar-refractivity contribution in [3.63, 3.8) is 0 Å². The quantitative estimate of drug-likeness (QED) is 0.527. The summed E-state index contributed by atoms with van der Waals surface area (Å²) in [6.45, 7) is -0.552. The maximum atomic E-state index is 10.2. The molecule has 0 saturated heterocycles. The van der Waals surface area contributed by atoms with Gasteiger partial charge in [-0.1, -0.05) is 9.05 Å². The van der Waals surface area contributed by atoms with Crippen molar-refractivity contribution in [1.82, 2.24) is 0 Å². The fourth-order valence-corrected chi connectivity index (χ4v) is 0.829. The minimum absolute atomic E-state index is 0.552. The summed E-state index contributed by atoms with van der Waals surface area (Å²) in [6, 6.07) is 0. The van der Waals surface area contributed by atoms with E-state index in [4.69, 9.17) is 0 Å². The fourth-order valence-electron chi connectivity index (χ4n) is 0.149. The first kappa shape index (κ1) is 11.6. The van der Waals surface area contributed by atoms with Gasteiger partial charge in [-0.15, -0.1) is 0 Å². The van der Waals surface area contributed by atoms with Crippen LogP contribution in [-0.2, 0) is 26.3 Å². The van der Waals surface area contributed by atoms with Gasteiger partial charge in [0.25, 0.3) is 6.79 Å². The first-order chi connectivity index (χ1) is 5.20. The Hall–Kier alpha value is 0.620. The highest BCUT2D eigenvalue weighted by molar-refractivity contribution is 7.35. The monoisotopic (exact) mass is 242 g/mol. The Bertz CT molecular complexity index is 134. The summed E-state index contributed by atoms with van der Waals surface area (Å²) in [5.74, 6) is 0. The van der Waals surface area contributed by atoms with Crippen molar-refractivity contribution in [1.29, 1.82) is 0 Å². The van der Waals surface area contributed by atoms with Crippen LogP contribution in [0.2, 0.25) is 0 Å². The van der Waals surface area contributed by atoms with Crippen LogP contribution in [0.3, 0.4) is 0 Å². The number of hydrogen-bond donors (Lipinski definition) is 0. The van der Waals surface area contributed by atoms with E-state index in [0.29, 0.717) is 0 Å². The first-order valence-electron chi connectivity index (χ1n) is 1.98. The van der Waals surface area contributed by atoms with Gasteiger partial charge in [0.2, 0.25) is 0 Å². The molecule has 6 nitrogen and oxygen atoms in total. The molecule has 0 amide bonds. The van der Waals surface area contributed by atoms with Gasteiger partial charge in [0.1, 0.15) is 23.7 Å². The molecule has 64 valence electrons. The lowest BCUT2D eigenvalue weighted by atomic mass is 11.6. The highest BCUT2D eigenvalue weighted by Crippen LogP contribution is 2.30. The van der Waals surface area contributed by atoms with Crippen molar-refractivity contribution in [2.24, 2.45) is 0 Å². The molecule has 0 saturated carbocycles. The molecule has 0 N–H and O–H groups in total. The molecular weight excluding hydrogens is 241 g/mol. The van der Waals surface area contributed by atoms with Gasteiger partial charge in [0.15, 0.2) is 0 Å². The van der Waals surface area contributed by atoms with E-state index in [9.17, 15) is 9.13 Å². The van der Waals surface area contributed by atoms with E-state index in [1.807, 2.05) is 0 Å². The van der Waals surface area contributed by atoms with Gasteiger partial charge in [-0.25, -0.2) is 0 Å². The summed E-state index contributed by atoms with van der Waals surface area (Å²) in [7, 11) is -4.90. The van der Waals surface area contributed by atoms with E-state index >= 15 is 0 Å². The van der Waals surface area contributed by atoms with Crippen molar-refractivity contribution >= 4 is 40.2 Å². The van der Waals surface area contributed by atoms with Crippen LogP contribution in [0.4, 0.5) is 0 Å². The number of halogens is 2. The Morgan fingerprint density at radius 1 is 1.00 bits per heavy atom. The van der Waals surface area contributed by atoms with Gasteiger partial charge in [0.05, 0.1) is 0 Å². The third kappa shape index (κ3) is 7.00. The van der Waals surface area contributed by atoms with Crippen molar-refractivity contribution in [3.05, 3.63) is 0 Å². The zero-order chi connectivity index (χ0) is 8.69. The zero-order valence-electron chi connectivity index (χ0n) is 4.81. The molecule has 2 unspecified atom stereocenters. The summed E-state index contributed by atoms with van der Waals surface area (Å²) in [5, 5.41) is 0. The Balaban J connectivity index is 3.27. The van der Waals surface area contributed by atoms with Crippen molar-refractivity contribution in [2.75, 3.05) is 6.79 Å². The molecule has 0 aromatic heterocycles. The molecular formula is CH2Cl2O6P2+2. The highest BCUT2D eigenvalue weighted by Gasteiger charge is 2.26. The predicted octanol–water partition coefficient (Wildman–Crippen LogP) is 2.63. The van der Waals surface area contributed by atoms with Crippen LogP contribution in [0, 0.1) is 0 Å². The molecule has 0 aromatic rings. The topological polar surface area (TPSA) is 71.1 Å². The Labute approximate surface area is 73.9 Å². The normalized spacial score (nSPS) is 12.9. The maximum absolute atomic E-state index is 10.2. The van der Waals surface area contributed by atoms with Gasteiger partial charge in [-0.3, -0.25) is 0 Å². The third-order valence-electron chi connectivity index (χ3n) is 0.429. The van der Waals surface area contributed by atoms with Crippen molar-refractivity contribution in [3.8, 4) is 0 Å². The van der Waals surface area contributed by atoms with Gasteiger partial charge < -0.3 is 0 Å². The molecule has 10 heteroatoms. The number of rotatable bonds is 6. The van der Waals surface area contributed by atoms with Gasteiger partial charge in [-0.05, 0) is 8.15 Å². The molecule has 0 radical (unpaired) electrons. The minimum atomic E-state index is -2.45. The third-order valence-corrected chi connectivity index (χ3v) is 1.96. The second-order valence-electron chi connectivity index (χ2n) is 0.961. The molecule has 0 spiro atoms. The molecule has 0 fully saturated rings. The van der Waals surface area contributed by atoms with Crippen LogP contribution >= 0.6 is 40.2 Å². The summed E-state index contributed by atoms with van der Waals surface area (Å²) < 4.78 is 36.1. The average molecular weight is 243 g/mol. The zero-order valence-corrected chi connectivity index (χ0v) is 8.11. The Morgan fingerprint density at radius 3 is 1.64 bits per heavy atom. The molecule has 0 rings (SSSR count). The van der Waals surface area contributed by atoms with Gasteiger partial charge in [0, 0.05) is 9.13 Å². The number of hydrogen-bond acceptors (Lipinski definition) is 6. The van der Waals surface area contributed by atoms with E-state index in [0.717, 1.165) is 0 Å². The van der Waals surface area contributed by atoms with E-state index in [1.165, 1.54) is 0 Å². The lowest BCUT2D eigenvalue weighted by molar-refractivity contribution is 0.115. The molecule has 0 aliphatic heterocycles. The van der Waals surface area contributed by atoms with E-state index in [1.54, 1.807) is 0 Å². The van der Waals surface area contributed by atoms with E-state index < -0.39 is 23.3 Å². The smallest absolute Gasteiger partial charge is 0.0840 e. The lowest BCUT2D eigenvalue weighted by Gasteiger charge is -1.77. The summed E-state index contributed by atoms with van der Waals surface area (Å²) in [5.41, 5.74) is 0. The van der Waals surface area contributed by atoms with Crippen LogP contribution < -0.4 is 0 Å². The van der Waals surface area contributed by atoms with Crippen molar-refractivity contribution in [2.45, 2.75) is 0 Å². The second kappa shape index (κ2) is 7.28. The van der Waals surface area contributed by atoms with Crippen LogP contribution in [0.5, 0.6) is 0 Å². The summed E-state index contributed by atoms with van der Waals surface area (Å²) in [4.78, 5) is 0.